The number of benzene rings is 3. The Kier molecular flexibility index (Phi) is 8.86. The molecule has 0 saturated heterocycles. The summed E-state index contributed by atoms with van der Waals surface area (Å²) in [7, 11) is 3.05. The Balaban J connectivity index is 1.57. The van der Waals surface area contributed by atoms with E-state index in [4.69, 9.17) is 14.2 Å². The lowest BCUT2D eigenvalue weighted by Crippen LogP contribution is -2.20. The van der Waals surface area contributed by atoms with Crippen LogP contribution in [0.3, 0.4) is 0 Å². The maximum absolute atomic E-state index is 12.3. The molecule has 2 N–H and O–H groups in total. The molecule has 0 bridgehead atoms. The fourth-order valence-corrected chi connectivity index (χ4v) is 3.45. The number of rotatable bonds is 9. The van der Waals surface area contributed by atoms with Crippen molar-refractivity contribution in [3.8, 4) is 17.2 Å². The molecule has 0 heterocycles. The van der Waals surface area contributed by atoms with Crippen molar-refractivity contribution in [3.63, 3.8) is 0 Å². The first-order valence-electron chi connectivity index (χ1n) is 10.2. The minimum absolute atomic E-state index is 0.173. The van der Waals surface area contributed by atoms with Gasteiger partial charge >= 0.3 is 0 Å². The molecule has 9 heteroatoms. The SMILES string of the molecule is COc1cc(C(=O)N/N=C\c2ccc(OCC(=O)Nc3ccc(C)cc3)c(OC)c2)ccc1I. The Labute approximate surface area is 211 Å². The highest BCUT2D eigenvalue weighted by Gasteiger charge is 2.10. The minimum atomic E-state index is -0.363. The van der Waals surface area contributed by atoms with E-state index >= 15 is 0 Å². The molecule has 0 fully saturated rings. The van der Waals surface area contributed by atoms with Crippen LogP contribution in [-0.2, 0) is 4.79 Å². The van der Waals surface area contributed by atoms with Crippen molar-refractivity contribution in [1.29, 1.82) is 0 Å². The van der Waals surface area contributed by atoms with E-state index in [0.29, 0.717) is 34.1 Å². The van der Waals surface area contributed by atoms with Gasteiger partial charge in [0.1, 0.15) is 5.75 Å². The third kappa shape index (κ3) is 6.95. The van der Waals surface area contributed by atoms with Gasteiger partial charge in [0.25, 0.3) is 11.8 Å². The van der Waals surface area contributed by atoms with Gasteiger partial charge in [-0.05, 0) is 83.6 Å². The van der Waals surface area contributed by atoms with Gasteiger partial charge in [0.05, 0.1) is 24.0 Å². The number of ether oxygens (including phenoxy) is 3. The molecule has 0 spiro atoms. The van der Waals surface area contributed by atoms with Crippen molar-refractivity contribution < 1.29 is 23.8 Å². The zero-order chi connectivity index (χ0) is 24.5. The van der Waals surface area contributed by atoms with Gasteiger partial charge in [-0.2, -0.15) is 5.10 Å². The summed E-state index contributed by atoms with van der Waals surface area (Å²) in [5.74, 6) is 0.809. The Morgan fingerprint density at radius 3 is 2.38 bits per heavy atom. The van der Waals surface area contributed by atoms with Gasteiger partial charge < -0.3 is 19.5 Å². The normalized spacial score (nSPS) is 10.6. The molecule has 2 amide bonds. The first kappa shape index (κ1) is 25.0. The van der Waals surface area contributed by atoms with Crippen LogP contribution in [0.4, 0.5) is 5.69 Å². The minimum Gasteiger partial charge on any atom is -0.496 e. The molecular weight excluding hydrogens is 549 g/mol. The highest BCUT2D eigenvalue weighted by atomic mass is 127. The second-order valence-electron chi connectivity index (χ2n) is 7.16. The van der Waals surface area contributed by atoms with Gasteiger partial charge in [0.2, 0.25) is 0 Å². The zero-order valence-electron chi connectivity index (χ0n) is 18.9. The van der Waals surface area contributed by atoms with E-state index in [1.165, 1.54) is 13.3 Å². The highest BCUT2D eigenvalue weighted by Crippen LogP contribution is 2.27. The Morgan fingerprint density at radius 2 is 1.68 bits per heavy atom. The average molecular weight is 573 g/mol. The topological polar surface area (TPSA) is 98.3 Å². The molecule has 3 rings (SSSR count). The van der Waals surface area contributed by atoms with Crippen LogP contribution in [0.25, 0.3) is 0 Å². The van der Waals surface area contributed by atoms with E-state index in [-0.39, 0.29) is 18.4 Å². The summed E-state index contributed by atoms with van der Waals surface area (Å²) in [6.45, 7) is 1.80. The zero-order valence-corrected chi connectivity index (χ0v) is 21.1. The summed E-state index contributed by atoms with van der Waals surface area (Å²) in [5.41, 5.74) is 5.40. The number of hydrogen-bond donors (Lipinski definition) is 2. The molecule has 34 heavy (non-hydrogen) atoms. The van der Waals surface area contributed by atoms with Crippen molar-refractivity contribution in [1.82, 2.24) is 5.43 Å². The number of hydrazone groups is 1. The van der Waals surface area contributed by atoms with Gasteiger partial charge in [-0.1, -0.05) is 17.7 Å². The van der Waals surface area contributed by atoms with Gasteiger partial charge in [-0.15, -0.1) is 0 Å². The third-order valence-corrected chi connectivity index (χ3v) is 5.57. The molecule has 0 unspecified atom stereocenters. The Morgan fingerprint density at radius 1 is 0.941 bits per heavy atom. The number of carbonyl (C=O) groups is 2. The van der Waals surface area contributed by atoms with Crippen LogP contribution >= 0.6 is 22.6 Å². The van der Waals surface area contributed by atoms with Gasteiger partial charge in [0, 0.05) is 11.3 Å². The molecular formula is C25H24IN3O5. The van der Waals surface area contributed by atoms with Crippen molar-refractivity contribution >= 4 is 46.3 Å². The second-order valence-corrected chi connectivity index (χ2v) is 8.32. The van der Waals surface area contributed by atoms with Crippen LogP contribution in [-0.4, -0.2) is 38.9 Å². The summed E-state index contributed by atoms with van der Waals surface area (Å²) in [6, 6.07) is 17.7. The van der Waals surface area contributed by atoms with E-state index in [2.05, 4.69) is 38.4 Å². The van der Waals surface area contributed by atoms with Gasteiger partial charge in [-0.3, -0.25) is 9.59 Å². The Hall–Kier alpha value is -3.60. The maximum Gasteiger partial charge on any atom is 0.271 e. The first-order chi connectivity index (χ1) is 16.4. The molecule has 0 aliphatic heterocycles. The van der Waals surface area contributed by atoms with Crippen molar-refractivity contribution in [2.75, 3.05) is 26.1 Å². The lowest BCUT2D eigenvalue weighted by Gasteiger charge is -2.11. The lowest BCUT2D eigenvalue weighted by molar-refractivity contribution is -0.118. The van der Waals surface area contributed by atoms with E-state index in [0.717, 1.165) is 9.13 Å². The van der Waals surface area contributed by atoms with Crippen molar-refractivity contribution in [2.24, 2.45) is 5.10 Å². The highest BCUT2D eigenvalue weighted by molar-refractivity contribution is 14.1. The maximum atomic E-state index is 12.3. The largest absolute Gasteiger partial charge is 0.496 e. The number of amides is 2. The average Bonchev–Trinajstić information content (AvgIpc) is 2.84. The lowest BCUT2D eigenvalue weighted by atomic mass is 10.2. The second kappa shape index (κ2) is 12.0. The number of halogens is 1. The summed E-state index contributed by atoms with van der Waals surface area (Å²) in [6.07, 6.45) is 1.48. The molecule has 0 radical (unpaired) electrons. The molecule has 0 atom stereocenters. The summed E-state index contributed by atoms with van der Waals surface area (Å²) >= 11 is 2.13. The molecule has 3 aromatic carbocycles. The first-order valence-corrected chi connectivity index (χ1v) is 11.3. The number of methoxy groups -OCH3 is 2. The number of nitrogens with one attached hydrogen (secondary N) is 2. The van der Waals surface area contributed by atoms with Crippen LogP contribution < -0.4 is 25.0 Å². The van der Waals surface area contributed by atoms with E-state index in [1.807, 2.05) is 31.2 Å². The molecule has 8 nitrogen and oxygen atoms in total. The van der Waals surface area contributed by atoms with E-state index < -0.39 is 0 Å². The smallest absolute Gasteiger partial charge is 0.271 e. The summed E-state index contributed by atoms with van der Waals surface area (Å²) in [4.78, 5) is 24.5. The monoisotopic (exact) mass is 573 g/mol. The molecule has 0 aliphatic carbocycles. The fourth-order valence-electron chi connectivity index (χ4n) is 2.89. The number of carbonyl (C=O) groups excluding carboxylic acids is 2. The van der Waals surface area contributed by atoms with Gasteiger partial charge in [0.15, 0.2) is 18.1 Å². The van der Waals surface area contributed by atoms with Crippen molar-refractivity contribution in [2.45, 2.75) is 6.92 Å². The molecule has 3 aromatic rings. The van der Waals surface area contributed by atoms with Crippen LogP contribution in [0.1, 0.15) is 21.5 Å². The Bertz CT molecular complexity index is 1200. The van der Waals surface area contributed by atoms with E-state index in [9.17, 15) is 9.59 Å². The van der Waals surface area contributed by atoms with Crippen LogP contribution in [0, 0.1) is 10.5 Å². The predicted molar refractivity (Wildman–Crippen MR) is 139 cm³/mol. The summed E-state index contributed by atoms with van der Waals surface area (Å²) < 4.78 is 17.1. The third-order valence-electron chi connectivity index (χ3n) is 4.67. The van der Waals surface area contributed by atoms with Crippen LogP contribution in [0.5, 0.6) is 17.2 Å². The molecule has 176 valence electrons. The number of nitrogens with zero attached hydrogens (tertiary/aromatic N) is 1. The predicted octanol–water partition coefficient (Wildman–Crippen LogP) is 4.40. The van der Waals surface area contributed by atoms with Gasteiger partial charge in [-0.25, -0.2) is 5.43 Å². The quantitative estimate of drug-likeness (QED) is 0.225. The fraction of sp³-hybridized carbons (Fsp3) is 0.160. The van der Waals surface area contributed by atoms with E-state index in [1.54, 1.807) is 43.5 Å². The number of anilines is 1. The van der Waals surface area contributed by atoms with Crippen LogP contribution in [0.2, 0.25) is 0 Å². The number of aryl methyl sites for hydroxylation is 1. The number of hydrogen-bond acceptors (Lipinski definition) is 6. The molecule has 0 aliphatic rings. The van der Waals surface area contributed by atoms with Crippen LogP contribution in [0.15, 0.2) is 65.8 Å². The molecule has 0 aromatic heterocycles. The van der Waals surface area contributed by atoms with Crippen molar-refractivity contribution in [3.05, 3.63) is 80.9 Å². The molecule has 0 saturated carbocycles. The summed E-state index contributed by atoms with van der Waals surface area (Å²) in [5, 5.41) is 6.78. The standard InChI is InChI=1S/C25H24IN3O5/c1-16-4-8-19(9-5-16)28-24(30)15-34-21-11-6-17(12-23(21)33-3)14-27-29-25(31)18-7-10-20(26)22(13-18)32-2/h4-14H,15H2,1-3H3,(H,28,30)(H,29,31)/b27-14-.